The molecule has 0 atom stereocenters. The Morgan fingerprint density at radius 1 is 0.840 bits per heavy atom. The number of hydrogen-bond acceptors (Lipinski definition) is 4. The summed E-state index contributed by atoms with van der Waals surface area (Å²) >= 11 is 1.64. The highest BCUT2D eigenvalue weighted by molar-refractivity contribution is 7.18. The number of hydrogen-bond donors (Lipinski definition) is 0. The van der Waals surface area contributed by atoms with Crippen molar-refractivity contribution in [2.24, 2.45) is 0 Å². The first-order valence-electron chi connectivity index (χ1n) is 7.81. The van der Waals surface area contributed by atoms with E-state index >= 15 is 0 Å². The Bertz CT molecular complexity index is 1010. The summed E-state index contributed by atoms with van der Waals surface area (Å²) in [7, 11) is 0. The number of aromatic nitrogens is 3. The molecule has 0 aliphatic carbocycles. The predicted molar refractivity (Wildman–Crippen MR) is 98.7 cm³/mol. The van der Waals surface area contributed by atoms with Gasteiger partial charge in [0.15, 0.2) is 0 Å². The van der Waals surface area contributed by atoms with Crippen LogP contribution in [0, 0.1) is 12.7 Å². The van der Waals surface area contributed by atoms with Gasteiger partial charge in [0.25, 0.3) is 0 Å². The second kappa shape index (κ2) is 6.53. The van der Waals surface area contributed by atoms with E-state index in [1.54, 1.807) is 35.9 Å². The fraction of sp³-hybridized carbons (Fsp3) is 0.0500. The fourth-order valence-corrected chi connectivity index (χ4v) is 3.65. The van der Waals surface area contributed by atoms with Gasteiger partial charge in [-0.2, -0.15) is 0 Å². The Labute approximate surface area is 148 Å². The second-order valence-electron chi connectivity index (χ2n) is 5.59. The largest absolute Gasteiger partial charge is 0.265 e. The van der Waals surface area contributed by atoms with Crippen molar-refractivity contribution in [1.29, 1.82) is 0 Å². The summed E-state index contributed by atoms with van der Waals surface area (Å²) in [4.78, 5) is 15.2. The summed E-state index contributed by atoms with van der Waals surface area (Å²) in [5.74, 6) is 0.498. The van der Waals surface area contributed by atoms with Gasteiger partial charge in [0.1, 0.15) is 11.6 Å². The van der Waals surface area contributed by atoms with Crippen molar-refractivity contribution in [3.05, 3.63) is 78.8 Å². The monoisotopic (exact) mass is 347 g/mol. The van der Waals surface area contributed by atoms with Crippen LogP contribution in [0.3, 0.4) is 0 Å². The Morgan fingerprint density at radius 2 is 1.56 bits per heavy atom. The van der Waals surface area contributed by atoms with E-state index in [-0.39, 0.29) is 5.82 Å². The predicted octanol–water partition coefficient (Wildman–Crippen LogP) is 5.38. The Balaban J connectivity index is 1.80. The molecule has 0 radical (unpaired) electrons. The molecule has 0 saturated carbocycles. The summed E-state index contributed by atoms with van der Waals surface area (Å²) in [5, 5.41) is 0. The van der Waals surface area contributed by atoms with Gasteiger partial charge in [0, 0.05) is 39.5 Å². The molecule has 25 heavy (non-hydrogen) atoms. The van der Waals surface area contributed by atoms with E-state index in [1.807, 2.05) is 31.3 Å². The normalized spacial score (nSPS) is 10.8. The lowest BCUT2D eigenvalue weighted by atomic mass is 10.1. The molecule has 0 amide bonds. The third-order valence-electron chi connectivity index (χ3n) is 3.86. The Hall–Kier alpha value is -2.92. The maximum atomic E-state index is 13.1. The maximum Gasteiger partial charge on any atom is 0.125 e. The van der Waals surface area contributed by atoms with Crippen LogP contribution in [0.15, 0.2) is 67.1 Å². The smallest absolute Gasteiger partial charge is 0.125 e. The molecule has 1 aromatic carbocycles. The van der Waals surface area contributed by atoms with Gasteiger partial charge in [0.05, 0.1) is 5.69 Å². The molecule has 4 rings (SSSR count). The molecule has 0 aliphatic heterocycles. The molecule has 0 N–H and O–H groups in total. The Morgan fingerprint density at radius 3 is 2.32 bits per heavy atom. The highest BCUT2D eigenvalue weighted by Gasteiger charge is 2.13. The minimum atomic E-state index is -0.229. The standard InChI is InChI=1S/C20H14FN3S/c1-13-23-12-17(20(24-13)15-8-10-22-11-9-15)19-7-6-18(25-19)14-2-4-16(21)5-3-14/h2-12H,1H3. The first-order valence-corrected chi connectivity index (χ1v) is 8.62. The van der Waals surface area contributed by atoms with Gasteiger partial charge < -0.3 is 0 Å². The first-order chi connectivity index (χ1) is 12.2. The van der Waals surface area contributed by atoms with Crippen LogP contribution in [0.25, 0.3) is 32.1 Å². The average Bonchev–Trinajstić information content (AvgIpc) is 3.13. The third kappa shape index (κ3) is 3.19. The van der Waals surface area contributed by atoms with Gasteiger partial charge in [-0.25, -0.2) is 14.4 Å². The zero-order chi connectivity index (χ0) is 17.2. The van der Waals surface area contributed by atoms with E-state index in [0.717, 1.165) is 38.0 Å². The Kier molecular flexibility index (Phi) is 4.07. The van der Waals surface area contributed by atoms with Crippen molar-refractivity contribution in [3.8, 4) is 32.1 Å². The van der Waals surface area contributed by atoms with Crippen LogP contribution >= 0.6 is 11.3 Å². The summed E-state index contributed by atoms with van der Waals surface area (Å²) in [6.07, 6.45) is 5.38. The van der Waals surface area contributed by atoms with Gasteiger partial charge in [-0.15, -0.1) is 11.3 Å². The third-order valence-corrected chi connectivity index (χ3v) is 5.03. The van der Waals surface area contributed by atoms with Crippen molar-refractivity contribution < 1.29 is 4.39 Å². The summed E-state index contributed by atoms with van der Waals surface area (Å²) in [5.41, 5.74) is 3.88. The quantitative estimate of drug-likeness (QED) is 0.499. The highest BCUT2D eigenvalue weighted by atomic mass is 32.1. The molecule has 0 saturated heterocycles. The molecule has 0 aliphatic rings. The van der Waals surface area contributed by atoms with Crippen molar-refractivity contribution in [2.75, 3.05) is 0 Å². The number of rotatable bonds is 3. The molecule has 3 aromatic heterocycles. The molecule has 0 unspecified atom stereocenters. The lowest BCUT2D eigenvalue weighted by Gasteiger charge is -2.07. The molecule has 0 fully saturated rings. The molecule has 0 spiro atoms. The molecular weight excluding hydrogens is 333 g/mol. The van der Waals surface area contributed by atoms with E-state index in [4.69, 9.17) is 0 Å². The molecule has 5 heteroatoms. The minimum Gasteiger partial charge on any atom is -0.265 e. The van der Waals surface area contributed by atoms with Crippen LogP contribution in [0.5, 0.6) is 0 Å². The zero-order valence-electron chi connectivity index (χ0n) is 13.5. The van der Waals surface area contributed by atoms with E-state index in [0.29, 0.717) is 0 Å². The van der Waals surface area contributed by atoms with Crippen molar-refractivity contribution in [1.82, 2.24) is 15.0 Å². The van der Waals surface area contributed by atoms with E-state index < -0.39 is 0 Å². The molecule has 3 heterocycles. The van der Waals surface area contributed by atoms with E-state index in [1.165, 1.54) is 12.1 Å². The highest BCUT2D eigenvalue weighted by Crippen LogP contribution is 2.38. The molecule has 4 aromatic rings. The van der Waals surface area contributed by atoms with E-state index in [9.17, 15) is 4.39 Å². The van der Waals surface area contributed by atoms with Crippen LogP contribution in [0.1, 0.15) is 5.82 Å². The van der Waals surface area contributed by atoms with Crippen LogP contribution in [0.4, 0.5) is 4.39 Å². The lowest BCUT2D eigenvalue weighted by Crippen LogP contribution is -1.94. The van der Waals surface area contributed by atoms with E-state index in [2.05, 4.69) is 21.0 Å². The molecule has 122 valence electrons. The van der Waals surface area contributed by atoms with Gasteiger partial charge in [-0.1, -0.05) is 12.1 Å². The minimum absolute atomic E-state index is 0.229. The zero-order valence-corrected chi connectivity index (χ0v) is 14.3. The van der Waals surface area contributed by atoms with Gasteiger partial charge >= 0.3 is 0 Å². The number of benzene rings is 1. The van der Waals surface area contributed by atoms with Crippen molar-refractivity contribution in [3.63, 3.8) is 0 Å². The van der Waals surface area contributed by atoms with Crippen LogP contribution in [0.2, 0.25) is 0 Å². The number of aryl methyl sites for hydroxylation is 1. The van der Waals surface area contributed by atoms with Gasteiger partial charge in [-0.3, -0.25) is 4.98 Å². The maximum absolute atomic E-state index is 13.1. The lowest BCUT2D eigenvalue weighted by molar-refractivity contribution is 0.628. The van der Waals surface area contributed by atoms with Crippen LogP contribution in [-0.4, -0.2) is 15.0 Å². The van der Waals surface area contributed by atoms with Gasteiger partial charge in [0.2, 0.25) is 0 Å². The topological polar surface area (TPSA) is 38.7 Å². The van der Waals surface area contributed by atoms with Crippen molar-refractivity contribution in [2.45, 2.75) is 6.92 Å². The van der Waals surface area contributed by atoms with Crippen molar-refractivity contribution >= 4 is 11.3 Å². The first kappa shape index (κ1) is 15.6. The number of halogens is 1. The number of nitrogens with zero attached hydrogens (tertiary/aromatic N) is 3. The van der Waals surface area contributed by atoms with Crippen LogP contribution in [-0.2, 0) is 0 Å². The molecular formula is C20H14FN3S. The summed E-state index contributed by atoms with van der Waals surface area (Å²) < 4.78 is 13.1. The summed E-state index contributed by atoms with van der Waals surface area (Å²) in [6.45, 7) is 1.88. The summed E-state index contributed by atoms with van der Waals surface area (Å²) in [6, 6.07) is 14.5. The fourth-order valence-electron chi connectivity index (χ4n) is 2.63. The average molecular weight is 347 g/mol. The van der Waals surface area contributed by atoms with Gasteiger partial charge in [-0.05, 0) is 48.9 Å². The molecule has 0 bridgehead atoms. The molecule has 3 nitrogen and oxygen atoms in total. The number of thiophene rings is 1. The number of pyridine rings is 1. The second-order valence-corrected chi connectivity index (χ2v) is 6.67. The van der Waals surface area contributed by atoms with Crippen LogP contribution < -0.4 is 0 Å². The SMILES string of the molecule is Cc1ncc(-c2ccc(-c3ccc(F)cc3)s2)c(-c2ccncc2)n1.